The average molecular weight is 345 g/mol. The van der Waals surface area contributed by atoms with E-state index in [0.717, 1.165) is 5.56 Å². The molecule has 0 spiro atoms. The highest BCUT2D eigenvalue weighted by Crippen LogP contribution is 2.21. The smallest absolute Gasteiger partial charge is 0.271 e. The summed E-state index contributed by atoms with van der Waals surface area (Å²) in [4.78, 5) is 12.1. The topological polar surface area (TPSA) is 87.6 Å². The highest BCUT2D eigenvalue weighted by Gasteiger charge is 2.06. The number of carbonyl (C=O) groups excluding carboxylic acids is 1. The van der Waals surface area contributed by atoms with Crippen molar-refractivity contribution in [2.24, 2.45) is 5.10 Å². The number of benzene rings is 2. The van der Waals surface area contributed by atoms with Crippen LogP contribution in [0.3, 0.4) is 0 Å². The number of nitrogens with one attached hydrogen (secondary N) is 1. The van der Waals surface area contributed by atoms with E-state index in [9.17, 15) is 4.79 Å². The van der Waals surface area contributed by atoms with Crippen LogP contribution >= 0.6 is 0 Å². The molecule has 1 aromatic heterocycles. The van der Waals surface area contributed by atoms with E-state index in [0.29, 0.717) is 28.4 Å². The number of carbonyl (C=O) groups is 1. The van der Waals surface area contributed by atoms with E-state index in [1.807, 2.05) is 12.1 Å². The Labute approximate surface area is 150 Å². The van der Waals surface area contributed by atoms with Gasteiger partial charge in [-0.15, -0.1) is 0 Å². The molecular formula is C20H15N3O3. The molecule has 26 heavy (non-hydrogen) atoms. The first kappa shape index (κ1) is 17.0. The molecule has 0 atom stereocenters. The summed E-state index contributed by atoms with van der Waals surface area (Å²) < 4.78 is 10.8. The predicted molar refractivity (Wildman–Crippen MR) is 96.9 cm³/mol. The molecule has 0 fully saturated rings. The molecule has 0 aliphatic carbocycles. The maximum Gasteiger partial charge on any atom is 0.271 e. The van der Waals surface area contributed by atoms with Crippen LogP contribution in [0, 0.1) is 11.3 Å². The minimum Gasteiger partial charge on any atom is -0.497 e. The van der Waals surface area contributed by atoms with Crippen molar-refractivity contribution in [3.63, 3.8) is 0 Å². The van der Waals surface area contributed by atoms with Gasteiger partial charge in [0.2, 0.25) is 0 Å². The van der Waals surface area contributed by atoms with E-state index in [1.54, 1.807) is 48.5 Å². The van der Waals surface area contributed by atoms with Gasteiger partial charge in [-0.2, -0.15) is 10.4 Å². The number of ether oxygens (including phenoxy) is 1. The zero-order valence-electron chi connectivity index (χ0n) is 14.0. The molecule has 6 nitrogen and oxygen atoms in total. The van der Waals surface area contributed by atoms with Gasteiger partial charge in [0.05, 0.1) is 25.0 Å². The SMILES string of the molecule is COc1cccc(C(=O)N/N=C/c2ccc(-c3ccc(C#N)cc3)o2)c1. The van der Waals surface area contributed by atoms with E-state index >= 15 is 0 Å². The summed E-state index contributed by atoms with van der Waals surface area (Å²) in [5.74, 6) is 1.39. The van der Waals surface area contributed by atoms with Gasteiger partial charge in [-0.05, 0) is 54.6 Å². The molecule has 0 saturated heterocycles. The van der Waals surface area contributed by atoms with Gasteiger partial charge in [0.25, 0.3) is 5.91 Å². The Morgan fingerprint density at radius 3 is 2.73 bits per heavy atom. The zero-order chi connectivity index (χ0) is 18.4. The third-order valence-corrected chi connectivity index (χ3v) is 3.62. The van der Waals surface area contributed by atoms with Gasteiger partial charge in [-0.3, -0.25) is 4.79 Å². The third kappa shape index (κ3) is 3.97. The van der Waals surface area contributed by atoms with Gasteiger partial charge in [0.15, 0.2) is 0 Å². The van der Waals surface area contributed by atoms with E-state index < -0.39 is 0 Å². The Morgan fingerprint density at radius 2 is 2.00 bits per heavy atom. The molecular weight excluding hydrogens is 330 g/mol. The molecule has 0 aliphatic heterocycles. The molecule has 1 amide bonds. The Bertz CT molecular complexity index is 982. The lowest BCUT2D eigenvalue weighted by atomic mass is 10.1. The van der Waals surface area contributed by atoms with Crippen LogP contribution in [-0.2, 0) is 0 Å². The zero-order valence-corrected chi connectivity index (χ0v) is 14.0. The van der Waals surface area contributed by atoms with Gasteiger partial charge in [0, 0.05) is 11.1 Å². The second-order valence-corrected chi connectivity index (χ2v) is 5.32. The van der Waals surface area contributed by atoms with Crippen LogP contribution in [0.5, 0.6) is 5.75 Å². The van der Waals surface area contributed by atoms with Crippen molar-refractivity contribution in [3.8, 4) is 23.1 Å². The number of hydrogen-bond donors (Lipinski definition) is 1. The van der Waals surface area contributed by atoms with Crippen LogP contribution in [0.4, 0.5) is 0 Å². The Balaban J connectivity index is 1.64. The number of furan rings is 1. The molecule has 2 aromatic carbocycles. The Morgan fingerprint density at radius 1 is 1.19 bits per heavy atom. The van der Waals surface area contributed by atoms with Gasteiger partial charge in [-0.25, -0.2) is 5.43 Å². The maximum atomic E-state index is 12.1. The molecule has 128 valence electrons. The summed E-state index contributed by atoms with van der Waals surface area (Å²) in [6.07, 6.45) is 1.42. The van der Waals surface area contributed by atoms with Crippen LogP contribution in [0.15, 0.2) is 70.2 Å². The van der Waals surface area contributed by atoms with Crippen LogP contribution in [0.1, 0.15) is 21.7 Å². The summed E-state index contributed by atoms with van der Waals surface area (Å²) in [5.41, 5.74) is 4.32. The van der Waals surface area contributed by atoms with Crippen molar-refractivity contribution in [1.82, 2.24) is 5.43 Å². The summed E-state index contributed by atoms with van der Waals surface area (Å²) in [6, 6.07) is 19.5. The van der Waals surface area contributed by atoms with Crippen molar-refractivity contribution in [1.29, 1.82) is 5.26 Å². The first-order chi connectivity index (χ1) is 12.7. The van der Waals surface area contributed by atoms with Crippen molar-refractivity contribution >= 4 is 12.1 Å². The molecule has 0 aliphatic rings. The maximum absolute atomic E-state index is 12.1. The van der Waals surface area contributed by atoms with Gasteiger partial charge < -0.3 is 9.15 Å². The molecule has 0 radical (unpaired) electrons. The largest absolute Gasteiger partial charge is 0.497 e. The fraction of sp³-hybridized carbons (Fsp3) is 0.0500. The van der Waals surface area contributed by atoms with Crippen LogP contribution in [-0.4, -0.2) is 19.2 Å². The highest BCUT2D eigenvalue weighted by molar-refractivity contribution is 5.95. The fourth-order valence-electron chi connectivity index (χ4n) is 2.27. The van der Waals surface area contributed by atoms with Crippen molar-refractivity contribution in [2.45, 2.75) is 0 Å². The third-order valence-electron chi connectivity index (χ3n) is 3.62. The lowest BCUT2D eigenvalue weighted by Crippen LogP contribution is -2.17. The number of amides is 1. The average Bonchev–Trinajstić information content (AvgIpc) is 3.17. The number of nitriles is 1. The summed E-state index contributed by atoms with van der Waals surface area (Å²) in [7, 11) is 1.54. The fourth-order valence-corrected chi connectivity index (χ4v) is 2.27. The predicted octanol–water partition coefficient (Wildman–Crippen LogP) is 3.59. The molecule has 0 saturated carbocycles. The molecule has 1 N–H and O–H groups in total. The van der Waals surface area contributed by atoms with E-state index in [4.69, 9.17) is 14.4 Å². The number of hydrazone groups is 1. The van der Waals surface area contributed by atoms with E-state index in [-0.39, 0.29) is 5.91 Å². The number of hydrogen-bond acceptors (Lipinski definition) is 5. The normalized spacial score (nSPS) is 10.5. The molecule has 1 heterocycles. The lowest BCUT2D eigenvalue weighted by Gasteiger charge is -2.02. The molecule has 0 bridgehead atoms. The first-order valence-electron chi connectivity index (χ1n) is 7.77. The Hall–Kier alpha value is -3.85. The van der Waals surface area contributed by atoms with E-state index in [1.165, 1.54) is 13.3 Å². The highest BCUT2D eigenvalue weighted by atomic mass is 16.5. The van der Waals surface area contributed by atoms with Gasteiger partial charge in [-0.1, -0.05) is 6.07 Å². The van der Waals surface area contributed by atoms with Gasteiger partial charge in [0.1, 0.15) is 17.3 Å². The van der Waals surface area contributed by atoms with Crippen LogP contribution < -0.4 is 10.2 Å². The lowest BCUT2D eigenvalue weighted by molar-refractivity contribution is 0.0955. The molecule has 3 rings (SSSR count). The second-order valence-electron chi connectivity index (χ2n) is 5.32. The standard InChI is InChI=1S/C20H15N3O3/c1-25-17-4-2-3-16(11-17)20(24)23-22-13-18-9-10-19(26-18)15-7-5-14(12-21)6-8-15/h2-11,13H,1H3,(H,23,24)/b22-13+. The minimum absolute atomic E-state index is 0.348. The summed E-state index contributed by atoms with van der Waals surface area (Å²) >= 11 is 0. The number of rotatable bonds is 5. The van der Waals surface area contributed by atoms with E-state index in [2.05, 4.69) is 16.6 Å². The Kier molecular flexibility index (Phi) is 5.11. The molecule has 3 aromatic rings. The van der Waals surface area contributed by atoms with Crippen molar-refractivity contribution in [3.05, 3.63) is 77.6 Å². The van der Waals surface area contributed by atoms with Gasteiger partial charge >= 0.3 is 0 Å². The second kappa shape index (κ2) is 7.81. The van der Waals surface area contributed by atoms with Crippen LogP contribution in [0.25, 0.3) is 11.3 Å². The summed E-state index contributed by atoms with van der Waals surface area (Å²) in [6.45, 7) is 0. The number of nitrogens with zero attached hydrogens (tertiary/aromatic N) is 2. The first-order valence-corrected chi connectivity index (χ1v) is 7.77. The van der Waals surface area contributed by atoms with Crippen molar-refractivity contribution in [2.75, 3.05) is 7.11 Å². The molecule has 0 unspecified atom stereocenters. The monoisotopic (exact) mass is 345 g/mol. The number of methoxy groups -OCH3 is 1. The van der Waals surface area contributed by atoms with Crippen molar-refractivity contribution < 1.29 is 13.9 Å². The minimum atomic E-state index is -0.348. The van der Waals surface area contributed by atoms with Crippen LogP contribution in [0.2, 0.25) is 0 Å². The summed E-state index contributed by atoms with van der Waals surface area (Å²) in [5, 5.41) is 12.7. The molecule has 6 heteroatoms. The quantitative estimate of drug-likeness (QED) is 0.565.